The van der Waals surface area contributed by atoms with Gasteiger partial charge in [0.2, 0.25) is 5.91 Å². The summed E-state index contributed by atoms with van der Waals surface area (Å²) < 4.78 is 5.23. The molecule has 0 bridgehead atoms. The number of rotatable bonds is 5. The number of carbonyl (C=O) groups excluding carboxylic acids is 1. The van der Waals surface area contributed by atoms with Crippen molar-refractivity contribution < 1.29 is 9.32 Å². The highest BCUT2D eigenvalue weighted by atomic mass is 35.5. The van der Waals surface area contributed by atoms with Crippen molar-refractivity contribution in [3.8, 4) is 11.3 Å². The Balaban J connectivity index is 1.58. The summed E-state index contributed by atoms with van der Waals surface area (Å²) in [5.74, 6) is 0.390. The third-order valence-corrected chi connectivity index (χ3v) is 3.77. The minimum absolute atomic E-state index is 0.138. The maximum absolute atomic E-state index is 12.0. The first-order chi connectivity index (χ1) is 11.2. The number of nitrogens with zero attached hydrogens (tertiary/aromatic N) is 1. The van der Waals surface area contributed by atoms with Crippen molar-refractivity contribution in [1.29, 1.82) is 0 Å². The average Bonchev–Trinajstić information content (AvgIpc) is 3.03. The Morgan fingerprint density at radius 3 is 2.61 bits per heavy atom. The van der Waals surface area contributed by atoms with E-state index in [0.717, 1.165) is 16.8 Å². The Hall–Kier alpha value is -2.59. The molecule has 1 N–H and O–H groups in total. The summed E-state index contributed by atoms with van der Waals surface area (Å²) in [7, 11) is 0. The van der Waals surface area contributed by atoms with Crippen molar-refractivity contribution in [2.75, 3.05) is 0 Å². The van der Waals surface area contributed by atoms with Crippen molar-refractivity contribution in [2.45, 2.75) is 13.0 Å². The fourth-order valence-electron chi connectivity index (χ4n) is 2.20. The van der Waals surface area contributed by atoms with Crippen LogP contribution < -0.4 is 5.32 Å². The lowest BCUT2D eigenvalue weighted by molar-refractivity contribution is -0.120. The fraction of sp³-hybridized carbons (Fsp3) is 0.111. The van der Waals surface area contributed by atoms with Gasteiger partial charge in [-0.25, -0.2) is 0 Å². The second-order valence-corrected chi connectivity index (χ2v) is 5.50. The van der Waals surface area contributed by atoms with Gasteiger partial charge < -0.3 is 9.84 Å². The summed E-state index contributed by atoms with van der Waals surface area (Å²) in [5, 5.41) is 7.46. The van der Waals surface area contributed by atoms with Crippen LogP contribution in [-0.2, 0) is 17.8 Å². The second-order valence-electron chi connectivity index (χ2n) is 5.09. The number of carbonyl (C=O) groups is 1. The molecule has 23 heavy (non-hydrogen) atoms. The average molecular weight is 327 g/mol. The van der Waals surface area contributed by atoms with Crippen LogP contribution in [0.25, 0.3) is 11.3 Å². The van der Waals surface area contributed by atoms with Crippen LogP contribution in [0.5, 0.6) is 0 Å². The van der Waals surface area contributed by atoms with Crippen molar-refractivity contribution >= 4 is 17.5 Å². The largest absolute Gasteiger partial charge is 0.360 e. The number of halogens is 1. The lowest BCUT2D eigenvalue weighted by atomic mass is 10.1. The highest BCUT2D eigenvalue weighted by molar-refractivity contribution is 6.31. The molecule has 1 amide bonds. The van der Waals surface area contributed by atoms with Gasteiger partial charge in [0, 0.05) is 23.2 Å². The molecule has 0 spiro atoms. The molecule has 116 valence electrons. The second kappa shape index (κ2) is 7.11. The summed E-state index contributed by atoms with van der Waals surface area (Å²) in [6, 6.07) is 18.9. The summed E-state index contributed by atoms with van der Waals surface area (Å²) in [6.45, 7) is 0.387. The van der Waals surface area contributed by atoms with Gasteiger partial charge in [-0.2, -0.15) is 0 Å². The normalized spacial score (nSPS) is 10.5. The standard InChI is InChI=1S/C18H15ClN2O2/c19-16-9-5-4-8-14(16)12-20-18(22)11-15-10-17(21-23-15)13-6-2-1-3-7-13/h1-10H,11-12H2,(H,20,22). The van der Waals surface area contributed by atoms with E-state index < -0.39 is 0 Å². The minimum Gasteiger partial charge on any atom is -0.360 e. The van der Waals surface area contributed by atoms with Crippen molar-refractivity contribution in [3.63, 3.8) is 0 Å². The van der Waals surface area contributed by atoms with E-state index in [0.29, 0.717) is 17.3 Å². The van der Waals surface area contributed by atoms with Crippen LogP contribution in [0.2, 0.25) is 5.02 Å². The number of hydrogen-bond acceptors (Lipinski definition) is 3. The van der Waals surface area contributed by atoms with Gasteiger partial charge >= 0.3 is 0 Å². The maximum atomic E-state index is 12.0. The molecular formula is C18H15ClN2O2. The first-order valence-corrected chi connectivity index (χ1v) is 7.61. The summed E-state index contributed by atoms with van der Waals surface area (Å²) in [4.78, 5) is 12.0. The fourth-order valence-corrected chi connectivity index (χ4v) is 2.40. The number of aromatic nitrogens is 1. The zero-order valence-corrected chi connectivity index (χ0v) is 13.1. The predicted molar refractivity (Wildman–Crippen MR) is 88.9 cm³/mol. The summed E-state index contributed by atoms with van der Waals surface area (Å²) >= 11 is 6.06. The summed E-state index contributed by atoms with van der Waals surface area (Å²) in [6.07, 6.45) is 0.143. The molecule has 0 aliphatic heterocycles. The number of benzene rings is 2. The molecule has 2 aromatic carbocycles. The molecule has 0 aliphatic rings. The highest BCUT2D eigenvalue weighted by Gasteiger charge is 2.11. The molecule has 1 heterocycles. The van der Waals surface area contributed by atoms with Crippen molar-refractivity contribution in [1.82, 2.24) is 10.5 Å². The molecule has 0 saturated carbocycles. The molecular weight excluding hydrogens is 312 g/mol. The first-order valence-electron chi connectivity index (χ1n) is 7.23. The van der Waals surface area contributed by atoms with E-state index in [-0.39, 0.29) is 12.3 Å². The predicted octanol–water partition coefficient (Wildman–Crippen LogP) is 3.85. The molecule has 3 rings (SSSR count). The zero-order chi connectivity index (χ0) is 16.1. The SMILES string of the molecule is O=C(Cc1cc(-c2ccccc2)no1)NCc1ccccc1Cl. The molecule has 1 aromatic heterocycles. The molecule has 0 atom stereocenters. The van der Waals surface area contributed by atoms with Gasteiger partial charge in [0.05, 0.1) is 6.42 Å². The molecule has 0 saturated heterocycles. The Morgan fingerprint density at radius 1 is 1.09 bits per heavy atom. The molecule has 3 aromatic rings. The smallest absolute Gasteiger partial charge is 0.227 e. The lowest BCUT2D eigenvalue weighted by Gasteiger charge is -2.05. The van der Waals surface area contributed by atoms with Crippen LogP contribution in [0, 0.1) is 0 Å². The van der Waals surface area contributed by atoms with Gasteiger partial charge in [-0.15, -0.1) is 0 Å². The van der Waals surface area contributed by atoms with E-state index in [1.54, 1.807) is 12.1 Å². The van der Waals surface area contributed by atoms with Gasteiger partial charge in [0.25, 0.3) is 0 Å². The van der Waals surface area contributed by atoms with E-state index in [4.69, 9.17) is 16.1 Å². The molecule has 0 radical (unpaired) electrons. The number of amides is 1. The van der Waals surface area contributed by atoms with Gasteiger partial charge in [0.15, 0.2) is 0 Å². The van der Waals surface area contributed by atoms with E-state index in [1.165, 1.54) is 0 Å². The Kier molecular flexibility index (Phi) is 4.74. The number of nitrogens with one attached hydrogen (secondary N) is 1. The summed E-state index contributed by atoms with van der Waals surface area (Å²) in [5.41, 5.74) is 2.56. The molecule has 0 unspecified atom stereocenters. The maximum Gasteiger partial charge on any atom is 0.227 e. The van der Waals surface area contributed by atoms with Gasteiger partial charge in [-0.05, 0) is 11.6 Å². The Bertz CT molecular complexity index is 800. The van der Waals surface area contributed by atoms with Crippen molar-refractivity contribution in [3.05, 3.63) is 77.0 Å². The Morgan fingerprint density at radius 2 is 1.83 bits per heavy atom. The first kappa shape index (κ1) is 15.3. The van der Waals surface area contributed by atoms with Gasteiger partial charge in [-0.1, -0.05) is 65.3 Å². The van der Waals surface area contributed by atoms with Crippen LogP contribution >= 0.6 is 11.6 Å². The molecule has 0 aliphatic carbocycles. The lowest BCUT2D eigenvalue weighted by Crippen LogP contribution is -2.24. The quantitative estimate of drug-likeness (QED) is 0.774. The van der Waals surface area contributed by atoms with E-state index >= 15 is 0 Å². The zero-order valence-electron chi connectivity index (χ0n) is 12.3. The van der Waals surface area contributed by atoms with Crippen LogP contribution in [0.4, 0.5) is 0 Å². The van der Waals surface area contributed by atoms with Crippen LogP contribution in [0.15, 0.2) is 65.2 Å². The molecule has 0 fully saturated rings. The third-order valence-electron chi connectivity index (χ3n) is 3.40. The monoisotopic (exact) mass is 326 g/mol. The molecule has 5 heteroatoms. The number of hydrogen-bond donors (Lipinski definition) is 1. The Labute approximate surface area is 139 Å². The van der Waals surface area contributed by atoms with E-state index in [1.807, 2.05) is 48.5 Å². The van der Waals surface area contributed by atoms with Crippen molar-refractivity contribution in [2.24, 2.45) is 0 Å². The third kappa shape index (κ3) is 3.99. The van der Waals surface area contributed by atoms with E-state index in [2.05, 4.69) is 10.5 Å². The van der Waals surface area contributed by atoms with Gasteiger partial charge in [-0.3, -0.25) is 4.79 Å². The van der Waals surface area contributed by atoms with E-state index in [9.17, 15) is 4.79 Å². The molecule has 4 nitrogen and oxygen atoms in total. The highest BCUT2D eigenvalue weighted by Crippen LogP contribution is 2.19. The topological polar surface area (TPSA) is 55.1 Å². The van der Waals surface area contributed by atoms with Crippen LogP contribution in [-0.4, -0.2) is 11.1 Å². The van der Waals surface area contributed by atoms with Crippen LogP contribution in [0.3, 0.4) is 0 Å². The van der Waals surface area contributed by atoms with Gasteiger partial charge in [0.1, 0.15) is 11.5 Å². The van der Waals surface area contributed by atoms with Crippen LogP contribution in [0.1, 0.15) is 11.3 Å². The minimum atomic E-state index is -0.138.